The molecule has 5 heterocycles. The number of aromatic nitrogens is 1. The number of benzene rings is 11. The number of aliphatic imine (C=N–C) groups is 1. The third kappa shape index (κ3) is 12.8. The number of fused-ring (bicyclic) bond motifs is 13. The molecule has 0 saturated carbocycles. The second-order valence-electron chi connectivity index (χ2n) is 23.1. The first kappa shape index (κ1) is 60.0. The summed E-state index contributed by atoms with van der Waals surface area (Å²) in [5, 5.41) is 0. The number of nitrogens with zero attached hydrogens (tertiary/aromatic N) is 7. The fourth-order valence-electron chi connectivity index (χ4n) is 13.0. The third-order valence-electron chi connectivity index (χ3n) is 17.5. The van der Waals surface area contributed by atoms with Crippen LogP contribution in [-0.4, -0.2) is 52.6 Å². The summed E-state index contributed by atoms with van der Waals surface area (Å²) >= 11 is 1.72. The van der Waals surface area contributed by atoms with Crippen LogP contribution in [0, 0.1) is 0 Å². The summed E-state index contributed by atoms with van der Waals surface area (Å²) in [4.78, 5) is 18.8. The smallest absolute Gasteiger partial charge is 0.185 e. The van der Waals surface area contributed by atoms with Crippen LogP contribution in [0.4, 0.5) is 34.1 Å². The molecule has 0 unspecified atom stereocenters. The summed E-state index contributed by atoms with van der Waals surface area (Å²) < 4.78 is 3.40. The van der Waals surface area contributed by atoms with Crippen LogP contribution in [0.2, 0.25) is 0 Å². The largest absolute Gasteiger partial charge is 0.370 e. The van der Waals surface area contributed by atoms with Gasteiger partial charge in [0.15, 0.2) is 4.80 Å². The number of rotatable bonds is 0. The van der Waals surface area contributed by atoms with Gasteiger partial charge in [-0.3, -0.25) is 9.98 Å². The molecule has 1 aliphatic carbocycles. The van der Waals surface area contributed by atoms with E-state index in [2.05, 4.69) is 341 Å². The van der Waals surface area contributed by atoms with Gasteiger partial charge in [-0.05, 0) is 129 Å². The summed E-state index contributed by atoms with van der Waals surface area (Å²) in [5.74, 6) is 0. The number of thiazole rings is 1. The van der Waals surface area contributed by atoms with Gasteiger partial charge in [-0.1, -0.05) is 242 Å². The van der Waals surface area contributed by atoms with Crippen LogP contribution in [0.25, 0.3) is 44.6 Å². The zero-order valence-corrected chi connectivity index (χ0v) is 53.4. The van der Waals surface area contributed by atoms with E-state index in [9.17, 15) is 0 Å². The lowest BCUT2D eigenvalue weighted by Crippen LogP contribution is -2.21. The van der Waals surface area contributed by atoms with Crippen molar-refractivity contribution in [3.63, 3.8) is 0 Å². The number of para-hydroxylation sites is 7. The van der Waals surface area contributed by atoms with Crippen molar-refractivity contribution in [2.24, 2.45) is 17.0 Å². The van der Waals surface area contributed by atoms with Crippen molar-refractivity contribution in [1.82, 2.24) is 4.57 Å². The Morgan fingerprint density at radius 2 is 0.700 bits per heavy atom. The number of aryl methyl sites for hydroxylation is 3. The van der Waals surface area contributed by atoms with E-state index in [1.165, 1.54) is 122 Å². The lowest BCUT2D eigenvalue weighted by Gasteiger charge is -2.29. The van der Waals surface area contributed by atoms with E-state index in [4.69, 9.17) is 0 Å². The van der Waals surface area contributed by atoms with E-state index < -0.39 is 0 Å². The fourth-order valence-corrected chi connectivity index (χ4v) is 13.9. The lowest BCUT2D eigenvalue weighted by atomic mass is 9.94. The molecule has 0 N–H and O–H groups in total. The van der Waals surface area contributed by atoms with Crippen LogP contribution in [0.5, 0.6) is 0 Å². The highest BCUT2D eigenvalue weighted by Gasteiger charge is 2.24. The van der Waals surface area contributed by atoms with Crippen LogP contribution >= 0.6 is 11.3 Å². The minimum absolute atomic E-state index is 1.01. The Morgan fingerprint density at radius 1 is 0.311 bits per heavy atom. The molecular formula is C82H77N7S. The van der Waals surface area contributed by atoms with Crippen LogP contribution in [0.15, 0.2) is 277 Å². The number of hydrogen-bond donors (Lipinski definition) is 0. The number of hydrogen-bond acceptors (Lipinski definition) is 7. The van der Waals surface area contributed by atoms with Gasteiger partial charge in [-0.2, -0.15) is 0 Å². The average molecular weight is 1190 g/mol. The Hall–Kier alpha value is -10.3. The van der Waals surface area contributed by atoms with Crippen molar-refractivity contribution in [3.8, 4) is 22.3 Å². The van der Waals surface area contributed by atoms with Gasteiger partial charge in [-0.15, -0.1) is 0 Å². The molecule has 0 amide bonds. The van der Waals surface area contributed by atoms with Crippen LogP contribution in [0.3, 0.4) is 0 Å². The van der Waals surface area contributed by atoms with Crippen molar-refractivity contribution >= 4 is 73.5 Å². The lowest BCUT2D eigenvalue weighted by molar-refractivity contribution is 0.904. The fraction of sp³-hybridized carbons (Fsp3) is 0.146. The van der Waals surface area contributed by atoms with Crippen molar-refractivity contribution < 1.29 is 0 Å². The standard InChI is InChI=1S/C15H15N.C15H13N.C15H15N.C14H11N.C14H13N.C9H10N2S/c2*1-16-14-8-4-2-6-12(14)10-11-13-7-3-5-9-15(13)16;1-16-11-14-8-3-2-6-12(14)10-13-7-4-5-9-15(13)16;1-15-14-12-8-4-2-6-10(12)11-7-3-5-9-13(11)14;1-15-10-11-6-2-3-7-12(11)13-8-4-5-9-14(13)15;1-10-9-11(2)7-5-3-4-6-8(7)12-9/h2-9H,10-11H2,1H3;2-11H,1H3;2-9H,10-11H2,1H3;2-9H,1H3;2-9H,10H2,1H3;3-6H,1-2H3. The van der Waals surface area contributed by atoms with Gasteiger partial charge in [0.25, 0.3) is 0 Å². The van der Waals surface area contributed by atoms with Gasteiger partial charge < -0.3 is 24.2 Å². The molecule has 11 aromatic carbocycles. The normalized spacial score (nSPS) is 13.2. The van der Waals surface area contributed by atoms with Crippen LogP contribution in [0.1, 0.15) is 55.6 Å². The quantitative estimate of drug-likeness (QED) is 0.152. The molecule has 0 bridgehead atoms. The first-order valence-corrected chi connectivity index (χ1v) is 31.9. The summed E-state index contributed by atoms with van der Waals surface area (Å²) in [5.41, 5.74) is 29.2. The highest BCUT2D eigenvalue weighted by Crippen LogP contribution is 2.40. The molecule has 90 heavy (non-hydrogen) atoms. The Balaban J connectivity index is 0.000000105. The second kappa shape index (κ2) is 27.8. The molecule has 1 aromatic heterocycles. The van der Waals surface area contributed by atoms with Gasteiger partial charge in [-0.25, -0.2) is 0 Å². The molecule has 446 valence electrons. The zero-order valence-electron chi connectivity index (χ0n) is 52.6. The molecule has 17 rings (SSSR count). The molecular weight excluding hydrogens is 1120 g/mol. The molecule has 0 atom stereocenters. The number of anilines is 6. The Bertz CT molecular complexity index is 4480. The highest BCUT2D eigenvalue weighted by molar-refractivity contribution is 7.16. The molecule has 7 nitrogen and oxygen atoms in total. The monoisotopic (exact) mass is 1190 g/mol. The summed E-state index contributed by atoms with van der Waals surface area (Å²) in [7, 11) is 14.3. The molecule has 4 aliphatic heterocycles. The van der Waals surface area contributed by atoms with E-state index in [0.717, 1.165) is 42.9 Å². The molecule has 0 saturated heterocycles. The topological polar surface area (TPSA) is 42.6 Å². The van der Waals surface area contributed by atoms with Gasteiger partial charge in [0, 0.05) is 113 Å². The van der Waals surface area contributed by atoms with Crippen LogP contribution in [-0.2, 0) is 39.4 Å². The van der Waals surface area contributed by atoms with E-state index >= 15 is 0 Å². The highest BCUT2D eigenvalue weighted by atomic mass is 32.1. The summed E-state index contributed by atoms with van der Waals surface area (Å²) in [6.45, 7) is 2.01. The predicted molar refractivity (Wildman–Crippen MR) is 386 cm³/mol. The molecule has 0 spiro atoms. The maximum absolute atomic E-state index is 4.39. The predicted octanol–water partition coefficient (Wildman–Crippen LogP) is 18.9. The molecule has 8 heteroatoms. The summed E-state index contributed by atoms with van der Waals surface area (Å²) in [6.07, 6.45) is 7.68. The minimum atomic E-state index is 1.01. The van der Waals surface area contributed by atoms with Gasteiger partial charge in [0.2, 0.25) is 0 Å². The van der Waals surface area contributed by atoms with Crippen molar-refractivity contribution in [2.45, 2.75) is 32.4 Å². The molecule has 0 fully saturated rings. The van der Waals surface area contributed by atoms with E-state index in [1.54, 1.807) is 11.3 Å². The maximum atomic E-state index is 4.39. The van der Waals surface area contributed by atoms with Gasteiger partial charge in [0.05, 0.1) is 15.9 Å². The van der Waals surface area contributed by atoms with Gasteiger partial charge in [0.1, 0.15) is 0 Å². The van der Waals surface area contributed by atoms with Crippen molar-refractivity contribution in [3.05, 3.63) is 327 Å². The average Bonchev–Trinajstić information content (AvgIpc) is 1.56. The summed E-state index contributed by atoms with van der Waals surface area (Å²) in [6, 6.07) is 94.1. The minimum Gasteiger partial charge on any atom is -0.370 e. The van der Waals surface area contributed by atoms with E-state index in [0.29, 0.717) is 0 Å². The molecule has 12 aromatic rings. The third-order valence-corrected chi connectivity index (χ3v) is 18.7. The van der Waals surface area contributed by atoms with Gasteiger partial charge >= 0.3 is 0 Å². The Kier molecular flexibility index (Phi) is 18.6. The first-order chi connectivity index (χ1) is 44.2. The Labute approximate surface area is 535 Å². The van der Waals surface area contributed by atoms with E-state index in [-0.39, 0.29) is 0 Å². The van der Waals surface area contributed by atoms with E-state index in [1.807, 2.05) is 21.1 Å². The Morgan fingerprint density at radius 3 is 1.26 bits per heavy atom. The molecule has 5 aliphatic rings. The molecule has 0 radical (unpaired) electrons. The van der Waals surface area contributed by atoms with Crippen molar-refractivity contribution in [2.75, 3.05) is 61.9 Å². The first-order valence-electron chi connectivity index (χ1n) is 31.0. The SMILES string of the molecule is CN1Cc2ccccc2-c2ccccc21.CN1Cc2ccccc2Cc2ccccc21.CN1c2ccccc2C=Cc2ccccc21.CN1c2ccccc2CCc2ccccc21.CN=C1c2ccccc2-c2ccccc21.CN=c1sc2ccccc2n1C. The van der Waals surface area contributed by atoms with Crippen LogP contribution < -0.4 is 24.4 Å². The van der Waals surface area contributed by atoms with Crippen molar-refractivity contribution in [1.29, 1.82) is 0 Å². The second-order valence-corrected chi connectivity index (χ2v) is 24.1. The maximum Gasteiger partial charge on any atom is 0.185 e. The zero-order chi connectivity index (χ0) is 61.9.